The van der Waals surface area contributed by atoms with Gasteiger partial charge in [0.2, 0.25) is 0 Å². The van der Waals surface area contributed by atoms with E-state index in [1.54, 1.807) is 19.3 Å². The fourth-order valence-corrected chi connectivity index (χ4v) is 5.63. The Hall–Kier alpha value is 0.440. The van der Waals surface area contributed by atoms with Gasteiger partial charge in [0.05, 0.1) is 6.61 Å². The summed E-state index contributed by atoms with van der Waals surface area (Å²) in [7, 11) is 0. The molecule has 0 unspecified atom stereocenters. The van der Waals surface area contributed by atoms with Gasteiger partial charge in [-0.1, -0.05) is 22.4 Å². The van der Waals surface area contributed by atoms with Crippen LogP contribution in [-0.4, -0.2) is 18.5 Å². The van der Waals surface area contributed by atoms with Crippen molar-refractivity contribution in [2.75, 3.05) is 18.5 Å². The summed E-state index contributed by atoms with van der Waals surface area (Å²) >= 11 is 3.49. The molecule has 0 amide bonds. The van der Waals surface area contributed by atoms with Crippen molar-refractivity contribution >= 4 is 15.9 Å². The van der Waals surface area contributed by atoms with Crippen LogP contribution in [0.3, 0.4) is 0 Å². The Kier molecular flexibility index (Phi) is 4.35. The SMILES string of the molecule is BrCCCCCOCC12CC3CC(CC(C3)C1)C2. The molecule has 2 heteroatoms. The van der Waals surface area contributed by atoms with Crippen LogP contribution in [0.2, 0.25) is 0 Å². The molecular formula is C16H27BrO. The minimum Gasteiger partial charge on any atom is -0.381 e. The summed E-state index contributed by atoms with van der Waals surface area (Å²) in [6, 6.07) is 0. The summed E-state index contributed by atoms with van der Waals surface area (Å²) < 4.78 is 6.05. The zero-order chi connectivity index (χ0) is 12.4. The first-order valence-corrected chi connectivity index (χ1v) is 9.05. The summed E-state index contributed by atoms with van der Waals surface area (Å²) in [5.41, 5.74) is 0.615. The first-order valence-electron chi connectivity index (χ1n) is 7.93. The Balaban J connectivity index is 1.42. The quantitative estimate of drug-likeness (QED) is 0.485. The molecule has 4 aliphatic carbocycles. The lowest BCUT2D eigenvalue weighted by atomic mass is 9.50. The molecule has 0 aromatic carbocycles. The predicted molar refractivity (Wildman–Crippen MR) is 79.1 cm³/mol. The number of unbranched alkanes of at least 4 members (excludes halogenated alkanes) is 2. The molecule has 104 valence electrons. The van der Waals surface area contributed by atoms with Gasteiger partial charge < -0.3 is 4.74 Å². The second-order valence-electron chi connectivity index (χ2n) is 7.22. The first-order chi connectivity index (χ1) is 8.80. The molecule has 4 aliphatic rings. The van der Waals surface area contributed by atoms with Crippen LogP contribution in [0.4, 0.5) is 0 Å². The number of hydrogen-bond acceptors (Lipinski definition) is 1. The van der Waals surface area contributed by atoms with Gasteiger partial charge >= 0.3 is 0 Å². The van der Waals surface area contributed by atoms with Crippen molar-refractivity contribution in [3.05, 3.63) is 0 Å². The number of hydrogen-bond donors (Lipinski definition) is 0. The highest BCUT2D eigenvalue weighted by atomic mass is 79.9. The van der Waals surface area contributed by atoms with E-state index < -0.39 is 0 Å². The Morgan fingerprint density at radius 3 is 2.06 bits per heavy atom. The Morgan fingerprint density at radius 2 is 1.50 bits per heavy atom. The van der Waals surface area contributed by atoms with E-state index in [-0.39, 0.29) is 0 Å². The minimum atomic E-state index is 0.615. The third-order valence-corrected chi connectivity index (χ3v) is 6.06. The van der Waals surface area contributed by atoms with E-state index >= 15 is 0 Å². The van der Waals surface area contributed by atoms with Crippen LogP contribution in [0, 0.1) is 23.2 Å². The van der Waals surface area contributed by atoms with Crippen molar-refractivity contribution < 1.29 is 4.74 Å². The number of ether oxygens (including phenoxy) is 1. The molecular weight excluding hydrogens is 288 g/mol. The van der Waals surface area contributed by atoms with Gasteiger partial charge in [0, 0.05) is 11.9 Å². The van der Waals surface area contributed by atoms with Crippen molar-refractivity contribution in [3.8, 4) is 0 Å². The smallest absolute Gasteiger partial charge is 0.0522 e. The van der Waals surface area contributed by atoms with E-state index in [0.717, 1.165) is 36.3 Å². The van der Waals surface area contributed by atoms with E-state index in [1.165, 1.54) is 38.5 Å². The molecule has 4 bridgehead atoms. The largest absolute Gasteiger partial charge is 0.381 e. The third-order valence-electron chi connectivity index (χ3n) is 5.50. The van der Waals surface area contributed by atoms with Crippen molar-refractivity contribution in [1.82, 2.24) is 0 Å². The number of alkyl halides is 1. The third kappa shape index (κ3) is 2.95. The predicted octanol–water partition coefficient (Wildman–Crippen LogP) is 4.78. The highest BCUT2D eigenvalue weighted by Crippen LogP contribution is 2.59. The van der Waals surface area contributed by atoms with Gasteiger partial charge in [0.25, 0.3) is 0 Å². The molecule has 0 aromatic rings. The minimum absolute atomic E-state index is 0.615. The second-order valence-corrected chi connectivity index (χ2v) is 8.01. The molecule has 4 rings (SSSR count). The lowest BCUT2D eigenvalue weighted by molar-refractivity contribution is -0.0965. The highest BCUT2D eigenvalue weighted by molar-refractivity contribution is 9.09. The molecule has 4 fully saturated rings. The molecule has 18 heavy (non-hydrogen) atoms. The van der Waals surface area contributed by atoms with E-state index in [1.807, 2.05) is 0 Å². The lowest BCUT2D eigenvalue weighted by Gasteiger charge is -2.56. The zero-order valence-electron chi connectivity index (χ0n) is 11.5. The average Bonchev–Trinajstić information content (AvgIpc) is 2.32. The fourth-order valence-electron chi connectivity index (χ4n) is 5.23. The fraction of sp³-hybridized carbons (Fsp3) is 1.00. The topological polar surface area (TPSA) is 9.23 Å². The van der Waals surface area contributed by atoms with E-state index in [9.17, 15) is 0 Å². The van der Waals surface area contributed by atoms with Crippen molar-refractivity contribution in [2.24, 2.45) is 23.2 Å². The standard InChI is InChI=1S/C16H27BrO/c17-4-2-1-3-5-18-12-16-9-13-6-14(10-16)8-15(7-13)11-16/h13-15H,1-12H2. The average molecular weight is 315 g/mol. The van der Waals surface area contributed by atoms with Crippen LogP contribution >= 0.6 is 15.9 Å². The normalized spacial score (nSPS) is 41.5. The van der Waals surface area contributed by atoms with Crippen molar-refractivity contribution in [1.29, 1.82) is 0 Å². The highest BCUT2D eigenvalue weighted by Gasteiger charge is 2.50. The summed E-state index contributed by atoms with van der Waals surface area (Å²) in [4.78, 5) is 0. The molecule has 4 saturated carbocycles. The maximum atomic E-state index is 6.05. The van der Waals surface area contributed by atoms with Gasteiger partial charge in [-0.3, -0.25) is 0 Å². The second kappa shape index (κ2) is 5.83. The Labute approximate surface area is 120 Å². The summed E-state index contributed by atoms with van der Waals surface area (Å²) in [5, 5.41) is 1.14. The van der Waals surface area contributed by atoms with E-state index in [0.29, 0.717) is 5.41 Å². The van der Waals surface area contributed by atoms with Crippen LogP contribution in [0.5, 0.6) is 0 Å². The van der Waals surface area contributed by atoms with Crippen LogP contribution < -0.4 is 0 Å². The molecule has 0 aromatic heterocycles. The van der Waals surface area contributed by atoms with Gasteiger partial charge in [-0.15, -0.1) is 0 Å². The molecule has 0 atom stereocenters. The van der Waals surface area contributed by atoms with E-state index in [4.69, 9.17) is 4.74 Å². The van der Waals surface area contributed by atoms with Gasteiger partial charge in [-0.05, 0) is 74.5 Å². The lowest BCUT2D eigenvalue weighted by Crippen LogP contribution is -2.48. The molecule has 0 radical (unpaired) electrons. The number of rotatable bonds is 7. The van der Waals surface area contributed by atoms with Crippen LogP contribution in [0.15, 0.2) is 0 Å². The molecule has 0 saturated heterocycles. The van der Waals surface area contributed by atoms with Crippen molar-refractivity contribution in [3.63, 3.8) is 0 Å². The van der Waals surface area contributed by atoms with Gasteiger partial charge in [0.15, 0.2) is 0 Å². The van der Waals surface area contributed by atoms with Crippen molar-refractivity contribution in [2.45, 2.75) is 57.8 Å². The molecule has 0 N–H and O–H groups in total. The number of halogens is 1. The van der Waals surface area contributed by atoms with E-state index in [2.05, 4.69) is 15.9 Å². The van der Waals surface area contributed by atoms with Crippen LogP contribution in [0.1, 0.15) is 57.8 Å². The summed E-state index contributed by atoms with van der Waals surface area (Å²) in [6.45, 7) is 2.07. The molecule has 0 spiro atoms. The van der Waals surface area contributed by atoms with Gasteiger partial charge in [0.1, 0.15) is 0 Å². The first kappa shape index (κ1) is 13.4. The monoisotopic (exact) mass is 314 g/mol. The molecule has 0 heterocycles. The summed E-state index contributed by atoms with van der Waals surface area (Å²) in [5.74, 6) is 3.19. The maximum Gasteiger partial charge on any atom is 0.0522 e. The van der Waals surface area contributed by atoms with Gasteiger partial charge in [-0.25, -0.2) is 0 Å². The maximum absolute atomic E-state index is 6.05. The van der Waals surface area contributed by atoms with Crippen LogP contribution in [-0.2, 0) is 4.74 Å². The van der Waals surface area contributed by atoms with Gasteiger partial charge in [-0.2, -0.15) is 0 Å². The summed E-state index contributed by atoms with van der Waals surface area (Å²) in [6.07, 6.45) is 12.9. The Bertz CT molecular complexity index is 241. The molecule has 0 aliphatic heterocycles. The van der Waals surface area contributed by atoms with Crippen LogP contribution in [0.25, 0.3) is 0 Å². The zero-order valence-corrected chi connectivity index (χ0v) is 13.1. The molecule has 1 nitrogen and oxygen atoms in total. The Morgan fingerprint density at radius 1 is 0.889 bits per heavy atom.